The van der Waals surface area contributed by atoms with Gasteiger partial charge in [0.15, 0.2) is 0 Å². The molecule has 1 heterocycles. The number of carbonyl (C=O) groups excluding carboxylic acids is 1. The summed E-state index contributed by atoms with van der Waals surface area (Å²) in [5, 5.41) is 7.04. The second-order valence-corrected chi connectivity index (χ2v) is 5.60. The topological polar surface area (TPSA) is 74.0 Å². The van der Waals surface area contributed by atoms with E-state index in [4.69, 9.17) is 0 Å². The number of nitrogens with one attached hydrogen (secondary N) is 3. The minimum atomic E-state index is -0.309. The average molecular weight is 285 g/mol. The van der Waals surface area contributed by atoms with Crippen molar-refractivity contribution in [2.75, 3.05) is 0 Å². The summed E-state index contributed by atoms with van der Waals surface area (Å²) in [7, 11) is 0. The lowest BCUT2D eigenvalue weighted by molar-refractivity contribution is -0.122. The van der Waals surface area contributed by atoms with E-state index < -0.39 is 0 Å². The third-order valence-electron chi connectivity index (χ3n) is 3.75. The van der Waals surface area contributed by atoms with Gasteiger partial charge in [-0.2, -0.15) is 0 Å². The lowest BCUT2D eigenvalue weighted by Crippen LogP contribution is -2.43. The fourth-order valence-corrected chi connectivity index (χ4v) is 2.23. The molecule has 3 rings (SSSR count). The Labute approximate surface area is 122 Å². The van der Waals surface area contributed by atoms with Crippen molar-refractivity contribution in [3.63, 3.8) is 0 Å². The van der Waals surface area contributed by atoms with Crippen molar-refractivity contribution in [1.29, 1.82) is 0 Å². The highest BCUT2D eigenvalue weighted by molar-refractivity contribution is 5.82. The van der Waals surface area contributed by atoms with Crippen molar-refractivity contribution in [1.82, 2.24) is 15.6 Å². The summed E-state index contributed by atoms with van der Waals surface area (Å²) < 4.78 is 0. The van der Waals surface area contributed by atoms with Crippen LogP contribution in [0.15, 0.2) is 35.1 Å². The number of para-hydroxylation sites is 1. The minimum Gasteiger partial charge on any atom is -0.352 e. The maximum atomic E-state index is 12.0. The summed E-state index contributed by atoms with van der Waals surface area (Å²) in [4.78, 5) is 26.7. The van der Waals surface area contributed by atoms with Crippen LogP contribution >= 0.6 is 0 Å². The highest BCUT2D eigenvalue weighted by atomic mass is 16.2. The fourth-order valence-electron chi connectivity index (χ4n) is 2.23. The number of aromatic amines is 1. The van der Waals surface area contributed by atoms with E-state index in [1.165, 1.54) is 0 Å². The smallest absolute Gasteiger partial charge is 0.252 e. The number of carbonyl (C=O) groups is 1. The monoisotopic (exact) mass is 285 g/mol. The Bertz CT molecular complexity index is 719. The first-order valence-electron chi connectivity index (χ1n) is 7.28. The summed E-state index contributed by atoms with van der Waals surface area (Å²) in [5.41, 5.74) is 1.35. The summed E-state index contributed by atoms with van der Waals surface area (Å²) in [6.07, 6.45) is 2.14. The van der Waals surface area contributed by atoms with Gasteiger partial charge in [-0.3, -0.25) is 9.59 Å². The van der Waals surface area contributed by atoms with Gasteiger partial charge in [0.25, 0.3) is 5.56 Å². The van der Waals surface area contributed by atoms with E-state index in [9.17, 15) is 9.59 Å². The molecule has 1 aliphatic carbocycles. The van der Waals surface area contributed by atoms with Crippen LogP contribution in [0.1, 0.15) is 25.3 Å². The molecule has 0 saturated heterocycles. The van der Waals surface area contributed by atoms with Gasteiger partial charge in [-0.1, -0.05) is 18.2 Å². The summed E-state index contributed by atoms with van der Waals surface area (Å²) in [6, 6.07) is 9.57. The number of H-pyrrole nitrogens is 1. The van der Waals surface area contributed by atoms with Gasteiger partial charge in [-0.25, -0.2) is 0 Å². The molecule has 1 unspecified atom stereocenters. The molecule has 0 radical (unpaired) electrons. The standard InChI is InChI=1S/C16H19N3O2/c1-10(15(20)18-13-6-7-13)17-9-12-8-11-4-2-3-5-14(11)19-16(12)21/h2-5,8,10,13,17H,6-7,9H2,1H3,(H,18,20)(H,19,21). The van der Waals surface area contributed by atoms with Gasteiger partial charge in [-0.15, -0.1) is 0 Å². The average Bonchev–Trinajstić information content (AvgIpc) is 3.28. The lowest BCUT2D eigenvalue weighted by atomic mass is 10.1. The van der Waals surface area contributed by atoms with Gasteiger partial charge < -0.3 is 15.6 Å². The van der Waals surface area contributed by atoms with Crippen LogP contribution in [0.3, 0.4) is 0 Å². The maximum Gasteiger partial charge on any atom is 0.252 e. The summed E-state index contributed by atoms with van der Waals surface area (Å²) in [5.74, 6) is -0.00489. The van der Waals surface area contributed by atoms with Gasteiger partial charge in [0.1, 0.15) is 0 Å². The van der Waals surface area contributed by atoms with Crippen molar-refractivity contribution in [2.45, 2.75) is 38.4 Å². The van der Waals surface area contributed by atoms with E-state index in [-0.39, 0.29) is 17.5 Å². The number of rotatable bonds is 5. The minimum absolute atomic E-state index is 0.00489. The third kappa shape index (κ3) is 3.31. The zero-order chi connectivity index (χ0) is 14.8. The van der Waals surface area contributed by atoms with Crippen molar-refractivity contribution < 1.29 is 4.79 Å². The van der Waals surface area contributed by atoms with Gasteiger partial charge in [0.2, 0.25) is 5.91 Å². The number of hydrogen-bond acceptors (Lipinski definition) is 3. The molecule has 2 aromatic rings. The van der Waals surface area contributed by atoms with Crippen LogP contribution < -0.4 is 16.2 Å². The first-order valence-corrected chi connectivity index (χ1v) is 7.28. The molecule has 0 bridgehead atoms. The molecule has 1 fully saturated rings. The molecule has 110 valence electrons. The first-order chi connectivity index (χ1) is 10.1. The maximum absolute atomic E-state index is 12.0. The van der Waals surface area contributed by atoms with Crippen LogP contribution in [-0.2, 0) is 11.3 Å². The van der Waals surface area contributed by atoms with Crippen LogP contribution in [-0.4, -0.2) is 23.0 Å². The molecule has 1 saturated carbocycles. The number of aromatic nitrogens is 1. The van der Waals surface area contributed by atoms with E-state index in [1.54, 1.807) is 0 Å². The normalized spacial score (nSPS) is 15.9. The molecule has 1 amide bonds. The van der Waals surface area contributed by atoms with Crippen LogP contribution in [0.4, 0.5) is 0 Å². The number of fused-ring (bicyclic) bond motifs is 1. The molecular weight excluding hydrogens is 266 g/mol. The van der Waals surface area contributed by atoms with Crippen LogP contribution in [0.2, 0.25) is 0 Å². The Hall–Kier alpha value is -2.14. The van der Waals surface area contributed by atoms with Gasteiger partial charge in [-0.05, 0) is 37.3 Å². The number of amides is 1. The van der Waals surface area contributed by atoms with Gasteiger partial charge >= 0.3 is 0 Å². The highest BCUT2D eigenvalue weighted by Gasteiger charge is 2.25. The fraction of sp³-hybridized carbons (Fsp3) is 0.375. The molecule has 21 heavy (non-hydrogen) atoms. The van der Waals surface area contributed by atoms with Crippen molar-refractivity contribution in [3.8, 4) is 0 Å². The quantitative estimate of drug-likeness (QED) is 0.775. The number of hydrogen-bond donors (Lipinski definition) is 3. The molecule has 1 aromatic heterocycles. The molecule has 5 nitrogen and oxygen atoms in total. The van der Waals surface area contributed by atoms with E-state index >= 15 is 0 Å². The van der Waals surface area contributed by atoms with Crippen LogP contribution in [0.5, 0.6) is 0 Å². The van der Waals surface area contributed by atoms with Gasteiger partial charge in [0.05, 0.1) is 6.04 Å². The largest absolute Gasteiger partial charge is 0.352 e. The second kappa shape index (κ2) is 5.69. The predicted octanol–water partition coefficient (Wildman–Crippen LogP) is 1.28. The Morgan fingerprint density at radius 1 is 1.38 bits per heavy atom. The zero-order valence-corrected chi connectivity index (χ0v) is 12.0. The van der Waals surface area contributed by atoms with Crippen LogP contribution in [0, 0.1) is 0 Å². The van der Waals surface area contributed by atoms with Crippen LogP contribution in [0.25, 0.3) is 10.9 Å². The third-order valence-corrected chi connectivity index (χ3v) is 3.75. The Balaban J connectivity index is 1.68. The Morgan fingerprint density at radius 2 is 2.14 bits per heavy atom. The second-order valence-electron chi connectivity index (χ2n) is 5.60. The first kappa shape index (κ1) is 13.8. The summed E-state index contributed by atoms with van der Waals surface area (Å²) in [6.45, 7) is 2.19. The zero-order valence-electron chi connectivity index (χ0n) is 12.0. The predicted molar refractivity (Wildman–Crippen MR) is 82.0 cm³/mol. The van der Waals surface area contributed by atoms with Crippen molar-refractivity contribution in [3.05, 3.63) is 46.2 Å². The Kier molecular flexibility index (Phi) is 3.75. The van der Waals surface area contributed by atoms with Crippen molar-refractivity contribution in [2.24, 2.45) is 0 Å². The Morgan fingerprint density at radius 3 is 2.90 bits per heavy atom. The molecule has 1 aliphatic rings. The lowest BCUT2D eigenvalue weighted by Gasteiger charge is -2.13. The number of benzene rings is 1. The van der Waals surface area contributed by atoms with Crippen molar-refractivity contribution >= 4 is 16.8 Å². The molecule has 5 heteroatoms. The number of pyridine rings is 1. The van der Waals surface area contributed by atoms with E-state index in [2.05, 4.69) is 15.6 Å². The highest BCUT2D eigenvalue weighted by Crippen LogP contribution is 2.18. The van der Waals surface area contributed by atoms with E-state index in [0.717, 1.165) is 23.7 Å². The molecule has 3 N–H and O–H groups in total. The summed E-state index contributed by atoms with van der Waals surface area (Å²) >= 11 is 0. The molecule has 1 atom stereocenters. The van der Waals surface area contributed by atoms with E-state index in [0.29, 0.717) is 18.2 Å². The SMILES string of the molecule is CC(NCc1cc2ccccc2[nH]c1=O)C(=O)NC1CC1. The molecule has 0 aliphatic heterocycles. The van der Waals surface area contributed by atoms with E-state index in [1.807, 2.05) is 37.3 Å². The van der Waals surface area contributed by atoms with Gasteiger partial charge in [0, 0.05) is 23.7 Å². The molecule has 1 aromatic carbocycles. The molecular formula is C16H19N3O2. The molecule has 0 spiro atoms.